The molecule has 106 valence electrons. The van der Waals surface area contributed by atoms with Crippen molar-refractivity contribution in [1.29, 1.82) is 0 Å². The Labute approximate surface area is 127 Å². The Balaban J connectivity index is 2.60. The molecule has 0 unspecified atom stereocenters. The third-order valence-corrected chi connectivity index (χ3v) is 4.63. The van der Waals surface area contributed by atoms with Gasteiger partial charge in [-0.05, 0) is 24.6 Å². The lowest BCUT2D eigenvalue weighted by atomic mass is 10.2. The van der Waals surface area contributed by atoms with Gasteiger partial charge in [0, 0.05) is 17.0 Å². The Morgan fingerprint density at radius 2 is 2.15 bits per heavy atom. The minimum absolute atomic E-state index is 0.0418. The van der Waals surface area contributed by atoms with Crippen LogP contribution in [0.25, 0.3) is 10.9 Å². The lowest BCUT2D eigenvalue weighted by Crippen LogP contribution is -2.25. The van der Waals surface area contributed by atoms with E-state index in [2.05, 4.69) is 16.3 Å². The van der Waals surface area contributed by atoms with E-state index in [-0.39, 0.29) is 21.6 Å². The minimum Gasteiger partial charge on any atom is -0.234 e. The van der Waals surface area contributed by atoms with Crippen LogP contribution in [0.3, 0.4) is 0 Å². The number of hydrogen-bond donors (Lipinski definition) is 1. The Morgan fingerprint density at radius 1 is 1.45 bits per heavy atom. The number of sulfonamides is 1. The van der Waals surface area contributed by atoms with Gasteiger partial charge in [0.1, 0.15) is 10.0 Å². The summed E-state index contributed by atoms with van der Waals surface area (Å²) in [5.41, 5.74) is 1.12. The summed E-state index contributed by atoms with van der Waals surface area (Å²) >= 11 is 11.6. The number of aromatic nitrogens is 1. The van der Waals surface area contributed by atoms with Crippen molar-refractivity contribution in [1.82, 2.24) is 9.71 Å². The second kappa shape index (κ2) is 5.69. The first-order valence-corrected chi connectivity index (χ1v) is 7.94. The van der Waals surface area contributed by atoms with Gasteiger partial charge in [-0.3, -0.25) is 0 Å². The second-order valence-electron chi connectivity index (χ2n) is 4.27. The van der Waals surface area contributed by atoms with E-state index in [0.717, 1.165) is 5.56 Å². The molecule has 0 bridgehead atoms. The minimum atomic E-state index is -3.73. The maximum Gasteiger partial charge on any atom is 0.243 e. The number of benzene rings is 1. The number of rotatable bonds is 4. The lowest BCUT2D eigenvalue weighted by Gasteiger charge is -2.09. The second-order valence-corrected chi connectivity index (χ2v) is 6.89. The average molecular weight is 331 g/mol. The van der Waals surface area contributed by atoms with Crippen LogP contribution in [0.2, 0.25) is 5.15 Å². The summed E-state index contributed by atoms with van der Waals surface area (Å²) in [4.78, 5) is 4.22. The first-order valence-electron chi connectivity index (χ1n) is 5.70. The summed E-state index contributed by atoms with van der Waals surface area (Å²) in [5, 5.41) is 1.19. The van der Waals surface area contributed by atoms with Crippen molar-refractivity contribution >= 4 is 44.1 Å². The number of nitrogens with zero attached hydrogens (tertiary/aromatic N) is 1. The molecule has 0 aliphatic carbocycles. The SMILES string of the molecule is C=C(Cl)CNS(=O)(=O)c1cccc2cc(C)c(Cl)nc12. The summed E-state index contributed by atoms with van der Waals surface area (Å²) in [6.07, 6.45) is 0. The van der Waals surface area contributed by atoms with Crippen LogP contribution in [0, 0.1) is 6.92 Å². The Hall–Kier alpha value is -1.14. The molecular formula is C13H12Cl2N2O2S. The number of fused-ring (bicyclic) bond motifs is 1. The Kier molecular flexibility index (Phi) is 4.34. The average Bonchev–Trinajstić information content (AvgIpc) is 2.37. The van der Waals surface area contributed by atoms with Crippen LogP contribution in [0.15, 0.2) is 40.8 Å². The van der Waals surface area contributed by atoms with Crippen LogP contribution in [-0.2, 0) is 10.0 Å². The third kappa shape index (κ3) is 3.12. The summed E-state index contributed by atoms with van der Waals surface area (Å²) in [6.45, 7) is 5.21. The molecular weight excluding hydrogens is 319 g/mol. The largest absolute Gasteiger partial charge is 0.243 e. The van der Waals surface area contributed by atoms with Crippen molar-refractivity contribution in [3.63, 3.8) is 0 Å². The molecule has 2 aromatic rings. The first-order chi connectivity index (χ1) is 9.31. The highest BCUT2D eigenvalue weighted by molar-refractivity contribution is 7.89. The van der Waals surface area contributed by atoms with Gasteiger partial charge < -0.3 is 0 Å². The van der Waals surface area contributed by atoms with Gasteiger partial charge in [0.2, 0.25) is 10.0 Å². The van der Waals surface area contributed by atoms with Gasteiger partial charge in [-0.15, -0.1) is 0 Å². The van der Waals surface area contributed by atoms with Crippen molar-refractivity contribution < 1.29 is 8.42 Å². The van der Waals surface area contributed by atoms with Gasteiger partial charge in [0.25, 0.3) is 0 Å². The molecule has 1 aromatic carbocycles. The van der Waals surface area contributed by atoms with Crippen molar-refractivity contribution in [3.05, 3.63) is 46.6 Å². The fraction of sp³-hybridized carbons (Fsp3) is 0.154. The van der Waals surface area contributed by atoms with Crippen LogP contribution in [0.4, 0.5) is 0 Å². The van der Waals surface area contributed by atoms with Crippen molar-refractivity contribution in [3.8, 4) is 0 Å². The van der Waals surface area contributed by atoms with E-state index in [9.17, 15) is 8.42 Å². The zero-order valence-corrected chi connectivity index (χ0v) is 13.0. The number of pyridine rings is 1. The topological polar surface area (TPSA) is 59.1 Å². The number of halogens is 2. The van der Waals surface area contributed by atoms with Gasteiger partial charge in [-0.25, -0.2) is 18.1 Å². The quantitative estimate of drug-likeness (QED) is 0.875. The molecule has 0 atom stereocenters. The van der Waals surface area contributed by atoms with Crippen LogP contribution in [0.1, 0.15) is 5.56 Å². The molecule has 0 aliphatic rings. The van der Waals surface area contributed by atoms with E-state index in [0.29, 0.717) is 10.9 Å². The van der Waals surface area contributed by atoms with Gasteiger partial charge in [0.05, 0.1) is 5.52 Å². The third-order valence-electron chi connectivity index (χ3n) is 2.68. The highest BCUT2D eigenvalue weighted by Gasteiger charge is 2.18. The van der Waals surface area contributed by atoms with Gasteiger partial charge in [-0.1, -0.05) is 41.9 Å². The smallest absolute Gasteiger partial charge is 0.234 e. The maximum absolute atomic E-state index is 12.3. The standard InChI is InChI=1S/C13H12Cl2N2O2S/c1-8-6-10-4-3-5-11(12(10)17-13(8)15)20(18,19)16-7-9(2)14/h3-6,16H,2,7H2,1H3. The Morgan fingerprint density at radius 3 is 2.80 bits per heavy atom. The molecule has 20 heavy (non-hydrogen) atoms. The molecule has 1 N–H and O–H groups in total. The van der Waals surface area contributed by atoms with Crippen molar-refractivity contribution in [2.45, 2.75) is 11.8 Å². The molecule has 0 saturated carbocycles. The summed E-state index contributed by atoms with van der Waals surface area (Å²) < 4.78 is 26.9. The van der Waals surface area contributed by atoms with E-state index >= 15 is 0 Å². The fourth-order valence-electron chi connectivity index (χ4n) is 1.72. The van der Waals surface area contributed by atoms with Crippen LogP contribution >= 0.6 is 23.2 Å². The molecule has 7 heteroatoms. The zero-order chi connectivity index (χ0) is 14.9. The molecule has 0 spiro atoms. The van der Waals surface area contributed by atoms with Crippen LogP contribution in [-0.4, -0.2) is 19.9 Å². The predicted molar refractivity (Wildman–Crippen MR) is 81.7 cm³/mol. The molecule has 0 amide bonds. The summed E-state index contributed by atoms with van der Waals surface area (Å²) in [6, 6.07) is 6.71. The fourth-order valence-corrected chi connectivity index (χ4v) is 3.20. The van der Waals surface area contributed by atoms with E-state index in [1.807, 2.05) is 6.92 Å². The van der Waals surface area contributed by atoms with E-state index in [4.69, 9.17) is 23.2 Å². The zero-order valence-electron chi connectivity index (χ0n) is 10.7. The summed E-state index contributed by atoms with van der Waals surface area (Å²) in [7, 11) is -3.73. The monoisotopic (exact) mass is 330 g/mol. The molecule has 0 radical (unpaired) electrons. The molecule has 4 nitrogen and oxygen atoms in total. The normalized spacial score (nSPS) is 11.8. The molecule has 2 rings (SSSR count). The van der Waals surface area contributed by atoms with Crippen molar-refractivity contribution in [2.75, 3.05) is 6.54 Å². The molecule has 0 aliphatic heterocycles. The van der Waals surface area contributed by atoms with E-state index in [1.165, 1.54) is 6.07 Å². The summed E-state index contributed by atoms with van der Waals surface area (Å²) in [5.74, 6) is 0. The van der Waals surface area contributed by atoms with Gasteiger partial charge >= 0.3 is 0 Å². The molecule has 1 aromatic heterocycles. The highest BCUT2D eigenvalue weighted by Crippen LogP contribution is 2.25. The lowest BCUT2D eigenvalue weighted by molar-refractivity contribution is 0.586. The molecule has 0 fully saturated rings. The molecule has 0 saturated heterocycles. The number of para-hydroxylation sites is 1. The van der Waals surface area contributed by atoms with E-state index in [1.54, 1.807) is 18.2 Å². The predicted octanol–water partition coefficient (Wildman–Crippen LogP) is 3.23. The van der Waals surface area contributed by atoms with E-state index < -0.39 is 10.0 Å². The van der Waals surface area contributed by atoms with Gasteiger partial charge in [0.15, 0.2) is 0 Å². The Bertz CT molecular complexity index is 788. The van der Waals surface area contributed by atoms with Crippen LogP contribution in [0.5, 0.6) is 0 Å². The number of nitrogens with one attached hydrogen (secondary N) is 1. The molecule has 1 heterocycles. The number of hydrogen-bond acceptors (Lipinski definition) is 3. The number of aryl methyl sites for hydroxylation is 1. The maximum atomic E-state index is 12.3. The first kappa shape index (κ1) is 15.3. The highest BCUT2D eigenvalue weighted by atomic mass is 35.5. The van der Waals surface area contributed by atoms with Crippen LogP contribution < -0.4 is 4.72 Å². The van der Waals surface area contributed by atoms with Gasteiger partial charge in [-0.2, -0.15) is 0 Å². The van der Waals surface area contributed by atoms with Crippen molar-refractivity contribution in [2.24, 2.45) is 0 Å².